The summed E-state index contributed by atoms with van der Waals surface area (Å²) in [7, 11) is 0. The summed E-state index contributed by atoms with van der Waals surface area (Å²) in [6.07, 6.45) is 0. The molecule has 1 aliphatic heterocycles. The second-order valence-corrected chi connectivity index (χ2v) is 13.3. The van der Waals surface area contributed by atoms with Gasteiger partial charge in [-0.15, -0.1) is 0 Å². The fraction of sp³-hybridized carbons (Fsp3) is 0.0233. The molecule has 0 radical (unpaired) electrons. The summed E-state index contributed by atoms with van der Waals surface area (Å²) in [6.45, 7) is 0. The molecule has 2 aromatic heterocycles. The predicted octanol–water partition coefficient (Wildman–Crippen LogP) is 11.2. The average molecular weight is 631 g/mol. The van der Waals surface area contributed by atoms with Gasteiger partial charge in [0.15, 0.2) is 4.96 Å². The third kappa shape index (κ3) is 3.84. The van der Waals surface area contributed by atoms with Gasteiger partial charge in [0.1, 0.15) is 11.5 Å². The molecule has 0 saturated carbocycles. The van der Waals surface area contributed by atoms with E-state index in [1.807, 2.05) is 12.1 Å². The van der Waals surface area contributed by atoms with Crippen molar-refractivity contribution in [3.63, 3.8) is 0 Å². The lowest BCUT2D eigenvalue weighted by molar-refractivity contribution is 0.914. The Bertz CT molecular complexity index is 2710. The van der Waals surface area contributed by atoms with Crippen LogP contribution in [0.3, 0.4) is 0 Å². The van der Waals surface area contributed by atoms with E-state index < -0.39 is 0 Å². The molecular formula is C43H26N4S. The van der Waals surface area contributed by atoms with E-state index in [1.54, 1.807) is 11.3 Å². The van der Waals surface area contributed by atoms with Crippen molar-refractivity contribution in [2.24, 2.45) is 0 Å². The molecule has 1 unspecified atom stereocenters. The highest BCUT2D eigenvalue weighted by Gasteiger charge is 2.31. The molecule has 3 heterocycles. The highest BCUT2D eigenvalue weighted by Crippen LogP contribution is 2.49. The zero-order valence-corrected chi connectivity index (χ0v) is 26.5. The van der Waals surface area contributed by atoms with Crippen LogP contribution in [0.2, 0.25) is 0 Å². The second-order valence-electron chi connectivity index (χ2n) is 12.3. The first-order valence-electron chi connectivity index (χ1n) is 16.1. The summed E-state index contributed by atoms with van der Waals surface area (Å²) >= 11 is 1.75. The molecule has 0 amide bonds. The van der Waals surface area contributed by atoms with Gasteiger partial charge in [0.25, 0.3) is 0 Å². The third-order valence-corrected chi connectivity index (χ3v) is 10.8. The van der Waals surface area contributed by atoms with Gasteiger partial charge in [-0.1, -0.05) is 139 Å². The Morgan fingerprint density at radius 3 is 1.96 bits per heavy atom. The number of rotatable bonds is 3. The summed E-state index contributed by atoms with van der Waals surface area (Å²) in [5.41, 5.74) is 11.2. The van der Waals surface area contributed by atoms with Crippen LogP contribution >= 0.6 is 11.3 Å². The van der Waals surface area contributed by atoms with Crippen molar-refractivity contribution in [2.75, 3.05) is 5.32 Å². The molecule has 0 fully saturated rings. The zero-order chi connectivity index (χ0) is 31.8. The zero-order valence-electron chi connectivity index (χ0n) is 25.7. The number of nitriles is 1. The van der Waals surface area contributed by atoms with E-state index in [-0.39, 0.29) is 6.04 Å². The molecule has 9 aromatic rings. The maximum atomic E-state index is 9.44. The minimum Gasteiger partial charge on any atom is -0.358 e. The van der Waals surface area contributed by atoms with E-state index in [1.165, 1.54) is 59.6 Å². The Balaban J connectivity index is 1.24. The first kappa shape index (κ1) is 26.9. The number of thiazole rings is 1. The molecular weight excluding hydrogens is 605 g/mol. The number of anilines is 1. The van der Waals surface area contributed by atoms with E-state index in [2.05, 4.69) is 149 Å². The van der Waals surface area contributed by atoms with Crippen molar-refractivity contribution >= 4 is 53.9 Å². The first-order valence-corrected chi connectivity index (χ1v) is 16.9. The number of nitrogens with one attached hydrogen (secondary N) is 1. The monoisotopic (exact) mass is 630 g/mol. The lowest BCUT2D eigenvalue weighted by Crippen LogP contribution is -2.18. The molecule has 224 valence electrons. The van der Waals surface area contributed by atoms with Crippen molar-refractivity contribution in [2.45, 2.75) is 6.04 Å². The summed E-state index contributed by atoms with van der Waals surface area (Å²) in [4.78, 5) is 6.26. The fourth-order valence-electron chi connectivity index (χ4n) is 7.64. The molecule has 0 aliphatic carbocycles. The van der Waals surface area contributed by atoms with Crippen molar-refractivity contribution in [1.29, 1.82) is 5.26 Å². The van der Waals surface area contributed by atoms with Crippen LogP contribution in [0.5, 0.6) is 0 Å². The van der Waals surface area contributed by atoms with Crippen LogP contribution in [0.15, 0.2) is 146 Å². The molecule has 10 rings (SSSR count). The van der Waals surface area contributed by atoms with Gasteiger partial charge in [-0.2, -0.15) is 5.26 Å². The van der Waals surface area contributed by atoms with Crippen LogP contribution in [0.4, 0.5) is 5.82 Å². The molecule has 1 aliphatic rings. The molecule has 0 saturated heterocycles. The summed E-state index contributed by atoms with van der Waals surface area (Å²) in [5.74, 6) is 1.03. The van der Waals surface area contributed by atoms with Gasteiger partial charge in [0.05, 0.1) is 27.9 Å². The van der Waals surface area contributed by atoms with Gasteiger partial charge in [0, 0.05) is 11.1 Å². The normalized spacial score (nSPS) is 13.8. The largest absolute Gasteiger partial charge is 0.358 e. The number of nitrogens with zero attached hydrogens (tertiary/aromatic N) is 3. The lowest BCUT2D eigenvalue weighted by Gasteiger charge is -2.28. The van der Waals surface area contributed by atoms with Gasteiger partial charge in [-0.3, -0.25) is 4.40 Å². The SMILES string of the molecule is N#Cc1ccc(-c2c3ccccc3c(-c3cccc4c3sc3nc5c(n34)NC(c3ccccc3)c3ccccc3-5)c3ccccc23)cc1. The van der Waals surface area contributed by atoms with Crippen LogP contribution in [-0.2, 0) is 0 Å². The Morgan fingerprint density at radius 1 is 0.625 bits per heavy atom. The van der Waals surface area contributed by atoms with E-state index >= 15 is 0 Å². The maximum absolute atomic E-state index is 9.44. The number of imidazole rings is 1. The number of fused-ring (bicyclic) bond motifs is 9. The third-order valence-electron chi connectivity index (χ3n) is 9.72. The van der Waals surface area contributed by atoms with E-state index in [0.717, 1.165) is 27.6 Å². The standard InChI is InChI=1S/C43H26N4S/c44-25-26-21-23-27(24-22-26)37-29-13-4-6-15-31(29)38(32-16-7-5-14-30(32)37)35-19-10-20-36-41(35)48-43-46-40-34-18-9-8-17-33(34)39(45-42(40)47(36)43)28-11-2-1-3-12-28/h1-24,39,45H. The molecule has 0 bridgehead atoms. The smallest absolute Gasteiger partial charge is 0.197 e. The van der Waals surface area contributed by atoms with Crippen molar-refractivity contribution in [3.8, 4) is 39.6 Å². The fourth-order valence-corrected chi connectivity index (χ4v) is 8.78. The van der Waals surface area contributed by atoms with Crippen LogP contribution in [0.25, 0.3) is 70.2 Å². The van der Waals surface area contributed by atoms with Crippen molar-refractivity contribution in [3.05, 3.63) is 162 Å². The quantitative estimate of drug-likeness (QED) is 0.198. The minimum atomic E-state index is 0.0237. The lowest BCUT2D eigenvalue weighted by atomic mass is 9.86. The minimum absolute atomic E-state index is 0.0237. The van der Waals surface area contributed by atoms with Crippen molar-refractivity contribution in [1.82, 2.24) is 9.38 Å². The topological polar surface area (TPSA) is 53.1 Å². The molecule has 4 nitrogen and oxygen atoms in total. The van der Waals surface area contributed by atoms with Gasteiger partial charge in [-0.05, 0) is 67.6 Å². The molecule has 5 heteroatoms. The van der Waals surface area contributed by atoms with Gasteiger partial charge in [-0.25, -0.2) is 4.98 Å². The predicted molar refractivity (Wildman–Crippen MR) is 199 cm³/mol. The number of hydrogen-bond donors (Lipinski definition) is 1. The summed E-state index contributed by atoms with van der Waals surface area (Å²) < 4.78 is 3.53. The Kier molecular flexibility index (Phi) is 5.84. The van der Waals surface area contributed by atoms with Crippen LogP contribution in [0.1, 0.15) is 22.7 Å². The highest BCUT2D eigenvalue weighted by molar-refractivity contribution is 7.24. The molecule has 0 spiro atoms. The van der Waals surface area contributed by atoms with Gasteiger partial charge in [0.2, 0.25) is 0 Å². The molecule has 1 N–H and O–H groups in total. The molecule has 1 atom stereocenters. The van der Waals surface area contributed by atoms with Crippen LogP contribution in [-0.4, -0.2) is 9.38 Å². The second kappa shape index (κ2) is 10.4. The number of benzene rings is 7. The van der Waals surface area contributed by atoms with Crippen LogP contribution < -0.4 is 5.32 Å². The number of hydrogen-bond acceptors (Lipinski definition) is 4. The van der Waals surface area contributed by atoms with Crippen molar-refractivity contribution < 1.29 is 0 Å². The highest BCUT2D eigenvalue weighted by atomic mass is 32.1. The first-order chi connectivity index (χ1) is 23.8. The average Bonchev–Trinajstić information content (AvgIpc) is 3.71. The summed E-state index contributed by atoms with van der Waals surface area (Å²) in [6, 6.07) is 53.6. The van der Waals surface area contributed by atoms with Gasteiger partial charge >= 0.3 is 0 Å². The number of aromatic nitrogens is 2. The van der Waals surface area contributed by atoms with Gasteiger partial charge < -0.3 is 5.32 Å². The summed E-state index contributed by atoms with van der Waals surface area (Å²) in [5, 5.41) is 18.1. The van der Waals surface area contributed by atoms with E-state index in [9.17, 15) is 5.26 Å². The Hall–Kier alpha value is -6.22. The molecule has 7 aromatic carbocycles. The Labute approximate surface area is 280 Å². The Morgan fingerprint density at radius 2 is 1.25 bits per heavy atom. The maximum Gasteiger partial charge on any atom is 0.197 e. The molecule has 48 heavy (non-hydrogen) atoms. The van der Waals surface area contributed by atoms with E-state index in [4.69, 9.17) is 4.98 Å². The van der Waals surface area contributed by atoms with Crippen LogP contribution in [0, 0.1) is 11.3 Å². The van der Waals surface area contributed by atoms with E-state index in [0.29, 0.717) is 5.56 Å².